The fraction of sp³-hybridized carbons (Fsp3) is 0.882. The molecule has 5 heteroatoms. The fourth-order valence-corrected chi connectivity index (χ4v) is 2.09. The average molecular weight is 315 g/mol. The number of hydrogen-bond acceptors (Lipinski definition) is 5. The third-order valence-electron chi connectivity index (χ3n) is 3.67. The Hall–Kier alpha value is -1.10. The third-order valence-corrected chi connectivity index (χ3v) is 3.67. The highest BCUT2D eigenvalue weighted by atomic mass is 16.6. The normalized spacial score (nSPS) is 15.8. The third kappa shape index (κ3) is 8.37. The quantitative estimate of drug-likeness (QED) is 0.522. The molecule has 0 saturated carbocycles. The number of esters is 2. The molecule has 0 aliphatic heterocycles. The molecule has 0 aliphatic rings. The van der Waals surface area contributed by atoms with Crippen molar-refractivity contribution in [1.29, 1.82) is 0 Å². The lowest BCUT2D eigenvalue weighted by Crippen LogP contribution is -2.34. The van der Waals surface area contributed by atoms with Crippen LogP contribution in [0.15, 0.2) is 0 Å². The van der Waals surface area contributed by atoms with Gasteiger partial charge in [0.05, 0.1) is 6.61 Å². The Labute approximate surface area is 134 Å². The zero-order valence-corrected chi connectivity index (χ0v) is 15.0. The van der Waals surface area contributed by atoms with Crippen molar-refractivity contribution in [3.63, 3.8) is 0 Å². The summed E-state index contributed by atoms with van der Waals surface area (Å²) < 4.78 is 10.3. The molecule has 0 rings (SSSR count). The minimum atomic E-state index is -0.858. The standard InChI is InChI=1S/C17H33NO4/c1-7-12(3)14(18)11-9-10-13(15(19)21-8-2)16(20)22-17(4,5)6/h12-14H,7-11,18H2,1-6H3/t12?,13?,14-/m1/s1. The summed E-state index contributed by atoms with van der Waals surface area (Å²) in [7, 11) is 0. The van der Waals surface area contributed by atoms with Crippen LogP contribution >= 0.6 is 0 Å². The monoisotopic (exact) mass is 315 g/mol. The molecule has 0 amide bonds. The molecule has 3 atom stereocenters. The molecule has 22 heavy (non-hydrogen) atoms. The maximum absolute atomic E-state index is 12.2. The van der Waals surface area contributed by atoms with Gasteiger partial charge in [0.25, 0.3) is 0 Å². The maximum Gasteiger partial charge on any atom is 0.320 e. The Morgan fingerprint density at radius 3 is 2.14 bits per heavy atom. The fourth-order valence-electron chi connectivity index (χ4n) is 2.09. The second-order valence-corrected chi connectivity index (χ2v) is 6.82. The van der Waals surface area contributed by atoms with Gasteiger partial charge >= 0.3 is 11.9 Å². The van der Waals surface area contributed by atoms with Crippen LogP contribution in [-0.2, 0) is 19.1 Å². The van der Waals surface area contributed by atoms with Gasteiger partial charge in [0, 0.05) is 6.04 Å². The van der Waals surface area contributed by atoms with E-state index in [2.05, 4.69) is 13.8 Å². The topological polar surface area (TPSA) is 78.6 Å². The summed E-state index contributed by atoms with van der Waals surface area (Å²) in [5.41, 5.74) is 5.48. The van der Waals surface area contributed by atoms with E-state index in [0.717, 1.165) is 12.8 Å². The summed E-state index contributed by atoms with van der Waals surface area (Å²) in [4.78, 5) is 24.2. The average Bonchev–Trinajstić information content (AvgIpc) is 2.40. The molecule has 0 aromatic rings. The molecule has 130 valence electrons. The number of nitrogens with two attached hydrogens (primary N) is 1. The van der Waals surface area contributed by atoms with Crippen LogP contribution in [0.2, 0.25) is 0 Å². The smallest absolute Gasteiger partial charge is 0.320 e. The van der Waals surface area contributed by atoms with Crippen molar-refractivity contribution in [3.05, 3.63) is 0 Å². The molecule has 2 N–H and O–H groups in total. The Bertz CT molecular complexity index is 349. The van der Waals surface area contributed by atoms with Crippen LogP contribution in [0.3, 0.4) is 0 Å². The van der Waals surface area contributed by atoms with Gasteiger partial charge in [-0.05, 0) is 46.5 Å². The Balaban J connectivity index is 4.61. The zero-order valence-electron chi connectivity index (χ0n) is 15.0. The zero-order chi connectivity index (χ0) is 17.3. The molecule has 0 aromatic carbocycles. The highest BCUT2D eigenvalue weighted by molar-refractivity contribution is 5.95. The molecule has 0 fully saturated rings. The highest BCUT2D eigenvalue weighted by Crippen LogP contribution is 2.19. The van der Waals surface area contributed by atoms with Gasteiger partial charge in [-0.25, -0.2) is 0 Å². The van der Waals surface area contributed by atoms with Crippen LogP contribution < -0.4 is 5.73 Å². The molecular weight excluding hydrogens is 282 g/mol. The first-order valence-electron chi connectivity index (χ1n) is 8.27. The van der Waals surface area contributed by atoms with Gasteiger partial charge in [-0.15, -0.1) is 0 Å². The first kappa shape index (κ1) is 20.9. The first-order valence-corrected chi connectivity index (χ1v) is 8.27. The van der Waals surface area contributed by atoms with Crippen molar-refractivity contribution in [3.8, 4) is 0 Å². The van der Waals surface area contributed by atoms with E-state index in [4.69, 9.17) is 15.2 Å². The summed E-state index contributed by atoms with van der Waals surface area (Å²) >= 11 is 0. The lowest BCUT2D eigenvalue weighted by molar-refractivity contribution is -0.169. The van der Waals surface area contributed by atoms with Gasteiger partial charge in [-0.1, -0.05) is 26.7 Å². The van der Waals surface area contributed by atoms with Crippen molar-refractivity contribution in [1.82, 2.24) is 0 Å². The number of hydrogen-bond donors (Lipinski definition) is 1. The Morgan fingerprint density at radius 2 is 1.68 bits per heavy atom. The van der Waals surface area contributed by atoms with E-state index in [0.29, 0.717) is 18.8 Å². The second kappa shape index (κ2) is 9.82. The van der Waals surface area contributed by atoms with Crippen LogP contribution in [0.1, 0.15) is 67.2 Å². The van der Waals surface area contributed by atoms with Crippen LogP contribution in [0, 0.1) is 11.8 Å². The van der Waals surface area contributed by atoms with E-state index in [1.165, 1.54) is 0 Å². The number of carbonyl (C=O) groups excluding carboxylic acids is 2. The van der Waals surface area contributed by atoms with Crippen molar-refractivity contribution >= 4 is 11.9 Å². The van der Waals surface area contributed by atoms with Gasteiger partial charge in [-0.3, -0.25) is 9.59 Å². The second-order valence-electron chi connectivity index (χ2n) is 6.82. The maximum atomic E-state index is 12.2. The van der Waals surface area contributed by atoms with E-state index in [1.807, 2.05) is 0 Å². The predicted molar refractivity (Wildman–Crippen MR) is 87.2 cm³/mol. The summed E-state index contributed by atoms with van der Waals surface area (Å²) in [6.45, 7) is 11.5. The minimum absolute atomic E-state index is 0.0893. The number of rotatable bonds is 9. The molecule has 0 radical (unpaired) electrons. The Morgan fingerprint density at radius 1 is 1.09 bits per heavy atom. The molecule has 0 spiro atoms. The van der Waals surface area contributed by atoms with Crippen molar-refractivity contribution in [2.75, 3.05) is 6.61 Å². The van der Waals surface area contributed by atoms with E-state index >= 15 is 0 Å². The molecule has 0 heterocycles. The van der Waals surface area contributed by atoms with Gasteiger partial charge in [-0.2, -0.15) is 0 Å². The van der Waals surface area contributed by atoms with Crippen molar-refractivity contribution in [2.45, 2.75) is 78.9 Å². The van der Waals surface area contributed by atoms with Gasteiger partial charge < -0.3 is 15.2 Å². The van der Waals surface area contributed by atoms with Crippen LogP contribution in [0.5, 0.6) is 0 Å². The lowest BCUT2D eigenvalue weighted by atomic mass is 9.93. The van der Waals surface area contributed by atoms with E-state index in [1.54, 1.807) is 27.7 Å². The summed E-state index contributed by atoms with van der Waals surface area (Å²) in [5.74, 6) is -1.44. The van der Waals surface area contributed by atoms with E-state index < -0.39 is 23.5 Å². The highest BCUT2D eigenvalue weighted by Gasteiger charge is 2.32. The first-order chi connectivity index (χ1) is 10.1. The molecule has 0 aliphatic carbocycles. The van der Waals surface area contributed by atoms with Crippen LogP contribution in [0.25, 0.3) is 0 Å². The summed E-state index contributed by atoms with van der Waals surface area (Å²) in [5, 5.41) is 0. The SMILES string of the molecule is CCOC(=O)C(CCC[C@@H](N)C(C)CC)C(=O)OC(C)(C)C. The summed E-state index contributed by atoms with van der Waals surface area (Å²) in [6, 6.07) is 0.0893. The molecular formula is C17H33NO4. The lowest BCUT2D eigenvalue weighted by Gasteiger charge is -2.24. The van der Waals surface area contributed by atoms with Crippen LogP contribution in [0.4, 0.5) is 0 Å². The summed E-state index contributed by atoms with van der Waals surface area (Å²) in [6.07, 6.45) is 2.92. The van der Waals surface area contributed by atoms with Gasteiger partial charge in [0.2, 0.25) is 0 Å². The minimum Gasteiger partial charge on any atom is -0.465 e. The molecule has 0 bridgehead atoms. The molecule has 2 unspecified atom stereocenters. The van der Waals surface area contributed by atoms with Crippen molar-refractivity contribution < 1.29 is 19.1 Å². The van der Waals surface area contributed by atoms with Gasteiger partial charge in [0.15, 0.2) is 5.92 Å². The number of carbonyl (C=O) groups is 2. The van der Waals surface area contributed by atoms with E-state index in [-0.39, 0.29) is 12.6 Å². The van der Waals surface area contributed by atoms with Crippen molar-refractivity contribution in [2.24, 2.45) is 17.6 Å². The largest absolute Gasteiger partial charge is 0.465 e. The van der Waals surface area contributed by atoms with E-state index in [9.17, 15) is 9.59 Å². The predicted octanol–water partition coefficient (Wildman–Crippen LogP) is 3.05. The Kier molecular flexibility index (Phi) is 9.33. The molecule has 0 saturated heterocycles. The van der Waals surface area contributed by atoms with Crippen LogP contribution in [-0.4, -0.2) is 30.2 Å². The molecule has 0 aromatic heterocycles. The number of ether oxygens (including phenoxy) is 2. The van der Waals surface area contributed by atoms with Gasteiger partial charge in [0.1, 0.15) is 5.60 Å². The molecule has 5 nitrogen and oxygen atoms in total.